The zero-order valence-electron chi connectivity index (χ0n) is 15.9. The second-order valence-corrected chi connectivity index (χ2v) is 7.12. The lowest BCUT2D eigenvalue weighted by Gasteiger charge is -2.33. The molecule has 1 fully saturated rings. The van der Waals surface area contributed by atoms with Gasteiger partial charge in [0.25, 0.3) is 0 Å². The normalized spacial score (nSPS) is 16.9. The molecule has 0 radical (unpaired) electrons. The fourth-order valence-electron chi connectivity index (χ4n) is 3.73. The fourth-order valence-corrected chi connectivity index (χ4v) is 3.73. The highest BCUT2D eigenvalue weighted by Crippen LogP contribution is 2.31. The van der Waals surface area contributed by atoms with Crippen molar-refractivity contribution in [3.8, 4) is 11.4 Å². The Morgan fingerprint density at radius 2 is 2.14 bits per heavy atom. The van der Waals surface area contributed by atoms with E-state index in [9.17, 15) is 4.79 Å². The molecular weight excluding hydrogens is 354 g/mol. The number of rotatable bonds is 5. The zero-order chi connectivity index (χ0) is 19.3. The van der Waals surface area contributed by atoms with Gasteiger partial charge in [0, 0.05) is 38.5 Å². The second kappa shape index (κ2) is 8.29. The van der Waals surface area contributed by atoms with Crippen LogP contribution < -0.4 is 0 Å². The smallest absolute Gasteiger partial charge is 0.223 e. The van der Waals surface area contributed by atoms with Crippen LogP contribution in [0.25, 0.3) is 11.4 Å². The summed E-state index contributed by atoms with van der Waals surface area (Å²) >= 11 is 0. The predicted molar refractivity (Wildman–Crippen MR) is 103 cm³/mol. The number of hydrogen-bond donors (Lipinski definition) is 0. The van der Waals surface area contributed by atoms with E-state index in [4.69, 9.17) is 4.52 Å². The van der Waals surface area contributed by atoms with Crippen molar-refractivity contribution >= 4 is 5.91 Å². The van der Waals surface area contributed by atoms with Gasteiger partial charge in [0.1, 0.15) is 6.33 Å². The molecule has 0 aliphatic carbocycles. The molecular formula is C21H23N5O2. The van der Waals surface area contributed by atoms with Crippen LogP contribution in [-0.4, -0.2) is 44.0 Å². The first-order valence-corrected chi connectivity index (χ1v) is 9.63. The molecule has 1 aliphatic rings. The monoisotopic (exact) mass is 377 g/mol. The summed E-state index contributed by atoms with van der Waals surface area (Å²) in [5.74, 6) is 1.34. The van der Waals surface area contributed by atoms with Crippen molar-refractivity contribution in [2.24, 2.45) is 0 Å². The molecule has 3 aromatic rings. The molecule has 0 spiro atoms. The van der Waals surface area contributed by atoms with Gasteiger partial charge in [0.15, 0.2) is 0 Å². The van der Waals surface area contributed by atoms with Crippen LogP contribution in [0.5, 0.6) is 0 Å². The molecule has 2 aromatic heterocycles. The maximum Gasteiger partial charge on any atom is 0.223 e. The first-order valence-electron chi connectivity index (χ1n) is 9.63. The number of likely N-dealkylation sites (tertiary alicyclic amines) is 1. The van der Waals surface area contributed by atoms with E-state index in [0.29, 0.717) is 24.7 Å². The lowest BCUT2D eigenvalue weighted by molar-refractivity contribution is -0.132. The Kier molecular flexibility index (Phi) is 5.41. The Morgan fingerprint density at radius 1 is 1.29 bits per heavy atom. The van der Waals surface area contributed by atoms with Crippen LogP contribution >= 0.6 is 0 Å². The van der Waals surface area contributed by atoms with E-state index in [1.165, 1.54) is 5.56 Å². The molecule has 0 bridgehead atoms. The molecule has 1 aromatic carbocycles. The van der Waals surface area contributed by atoms with Crippen molar-refractivity contribution < 1.29 is 9.32 Å². The molecule has 1 amide bonds. The van der Waals surface area contributed by atoms with E-state index in [0.717, 1.165) is 37.1 Å². The Labute approximate surface area is 163 Å². The minimum atomic E-state index is 0.145. The summed E-state index contributed by atoms with van der Waals surface area (Å²) < 4.78 is 5.11. The molecule has 1 saturated heterocycles. The SMILES string of the molecule is Cc1nc(-c2cncnc2C2CCCN(C(=O)CCc3ccccc3)C2)no1. The molecule has 7 heteroatoms. The largest absolute Gasteiger partial charge is 0.342 e. The van der Waals surface area contributed by atoms with Crippen molar-refractivity contribution in [1.29, 1.82) is 0 Å². The molecule has 144 valence electrons. The molecule has 0 saturated carbocycles. The molecule has 7 nitrogen and oxygen atoms in total. The molecule has 28 heavy (non-hydrogen) atoms. The molecule has 3 heterocycles. The van der Waals surface area contributed by atoms with E-state index in [1.54, 1.807) is 19.4 Å². The summed E-state index contributed by atoms with van der Waals surface area (Å²) in [4.78, 5) is 27.7. The highest BCUT2D eigenvalue weighted by atomic mass is 16.5. The van der Waals surface area contributed by atoms with Crippen LogP contribution in [0.15, 0.2) is 47.4 Å². The Bertz CT molecular complexity index is 941. The van der Waals surface area contributed by atoms with Crippen molar-refractivity contribution in [3.05, 3.63) is 60.0 Å². The summed E-state index contributed by atoms with van der Waals surface area (Å²) in [6, 6.07) is 10.1. The van der Waals surface area contributed by atoms with E-state index < -0.39 is 0 Å². The average molecular weight is 377 g/mol. The second-order valence-electron chi connectivity index (χ2n) is 7.12. The number of nitrogens with zero attached hydrogens (tertiary/aromatic N) is 5. The van der Waals surface area contributed by atoms with Crippen molar-refractivity contribution in [3.63, 3.8) is 0 Å². The van der Waals surface area contributed by atoms with Crippen LogP contribution in [-0.2, 0) is 11.2 Å². The number of hydrogen-bond acceptors (Lipinski definition) is 6. The van der Waals surface area contributed by atoms with Crippen LogP contribution in [0.3, 0.4) is 0 Å². The minimum absolute atomic E-state index is 0.145. The third-order valence-electron chi connectivity index (χ3n) is 5.14. The van der Waals surface area contributed by atoms with E-state index in [1.807, 2.05) is 23.1 Å². The van der Waals surface area contributed by atoms with Crippen molar-refractivity contribution in [1.82, 2.24) is 25.0 Å². The lowest BCUT2D eigenvalue weighted by Crippen LogP contribution is -2.39. The first-order chi connectivity index (χ1) is 13.7. The summed E-state index contributed by atoms with van der Waals surface area (Å²) in [5.41, 5.74) is 2.86. The maximum absolute atomic E-state index is 12.8. The molecule has 1 unspecified atom stereocenters. The maximum atomic E-state index is 12.8. The van der Waals surface area contributed by atoms with Gasteiger partial charge in [-0.3, -0.25) is 4.79 Å². The molecule has 0 N–H and O–H groups in total. The van der Waals surface area contributed by atoms with Gasteiger partial charge < -0.3 is 9.42 Å². The van der Waals surface area contributed by atoms with E-state index >= 15 is 0 Å². The highest BCUT2D eigenvalue weighted by Gasteiger charge is 2.28. The minimum Gasteiger partial charge on any atom is -0.342 e. The highest BCUT2D eigenvalue weighted by molar-refractivity contribution is 5.76. The molecule has 1 aliphatic heterocycles. The van der Waals surface area contributed by atoms with Gasteiger partial charge in [-0.25, -0.2) is 9.97 Å². The van der Waals surface area contributed by atoms with Gasteiger partial charge in [-0.15, -0.1) is 0 Å². The summed E-state index contributed by atoms with van der Waals surface area (Å²) in [6.45, 7) is 3.22. The van der Waals surface area contributed by atoms with Crippen LogP contribution in [0, 0.1) is 6.92 Å². The topological polar surface area (TPSA) is 85.0 Å². The van der Waals surface area contributed by atoms with Crippen molar-refractivity contribution in [2.45, 2.75) is 38.5 Å². The number of benzene rings is 1. The number of aromatic nitrogens is 4. The van der Waals surface area contributed by atoms with Crippen LogP contribution in [0.2, 0.25) is 0 Å². The Balaban J connectivity index is 1.46. The number of carbonyl (C=O) groups is 1. The Hall–Kier alpha value is -3.09. The average Bonchev–Trinajstić information content (AvgIpc) is 3.19. The van der Waals surface area contributed by atoms with Crippen LogP contribution in [0.4, 0.5) is 0 Å². The zero-order valence-corrected chi connectivity index (χ0v) is 15.9. The number of aryl methyl sites for hydroxylation is 2. The van der Waals surface area contributed by atoms with Gasteiger partial charge in [-0.1, -0.05) is 35.5 Å². The van der Waals surface area contributed by atoms with Gasteiger partial charge in [-0.2, -0.15) is 4.98 Å². The van der Waals surface area contributed by atoms with E-state index in [-0.39, 0.29) is 11.8 Å². The number of piperidine rings is 1. The summed E-state index contributed by atoms with van der Waals surface area (Å²) in [5, 5.41) is 4.01. The van der Waals surface area contributed by atoms with Gasteiger partial charge in [0.2, 0.25) is 17.6 Å². The fraction of sp³-hybridized carbons (Fsp3) is 0.381. The summed E-state index contributed by atoms with van der Waals surface area (Å²) in [6.07, 6.45) is 6.49. The van der Waals surface area contributed by atoms with Gasteiger partial charge >= 0.3 is 0 Å². The number of amides is 1. The standard InChI is InChI=1S/C21H23N5O2/c1-15-24-21(25-28-15)18-12-22-14-23-20(18)17-8-5-11-26(13-17)19(27)10-9-16-6-3-2-4-7-16/h2-4,6-7,12,14,17H,5,8-11,13H2,1H3. The third-order valence-corrected chi connectivity index (χ3v) is 5.14. The first kappa shape index (κ1) is 18.3. The Morgan fingerprint density at radius 3 is 2.93 bits per heavy atom. The quantitative estimate of drug-likeness (QED) is 0.679. The van der Waals surface area contributed by atoms with Crippen molar-refractivity contribution in [2.75, 3.05) is 13.1 Å². The van der Waals surface area contributed by atoms with E-state index in [2.05, 4.69) is 32.2 Å². The third kappa shape index (κ3) is 4.08. The van der Waals surface area contributed by atoms with Crippen LogP contribution in [0.1, 0.15) is 42.3 Å². The number of carbonyl (C=O) groups excluding carboxylic acids is 1. The van der Waals surface area contributed by atoms with Gasteiger partial charge in [-0.05, 0) is 24.8 Å². The molecule has 1 atom stereocenters. The van der Waals surface area contributed by atoms with Gasteiger partial charge in [0.05, 0.1) is 11.3 Å². The lowest BCUT2D eigenvalue weighted by atomic mass is 9.91. The summed E-state index contributed by atoms with van der Waals surface area (Å²) in [7, 11) is 0. The predicted octanol–water partition coefficient (Wildman–Crippen LogP) is 3.17. The molecule has 4 rings (SSSR count).